The highest BCUT2D eigenvalue weighted by atomic mass is 16.3. The van der Waals surface area contributed by atoms with Crippen molar-refractivity contribution in [2.75, 3.05) is 0 Å². The van der Waals surface area contributed by atoms with Crippen LogP contribution in [0.2, 0.25) is 0 Å². The number of aliphatic hydroxyl groups excluding tert-OH is 1. The number of primary amides is 1. The van der Waals surface area contributed by atoms with Gasteiger partial charge < -0.3 is 10.8 Å². The summed E-state index contributed by atoms with van der Waals surface area (Å²) in [6.45, 7) is 2.17. The van der Waals surface area contributed by atoms with Gasteiger partial charge in [-0.05, 0) is 51.4 Å². The number of nitrogens with two attached hydrogens (primary N) is 1. The van der Waals surface area contributed by atoms with Crippen LogP contribution in [0.3, 0.4) is 0 Å². The zero-order chi connectivity index (χ0) is 11.7. The van der Waals surface area contributed by atoms with Gasteiger partial charge in [0.25, 0.3) is 0 Å². The van der Waals surface area contributed by atoms with Crippen molar-refractivity contribution < 1.29 is 9.90 Å². The molecule has 0 bridgehead atoms. The van der Waals surface area contributed by atoms with Gasteiger partial charge in [-0.3, -0.25) is 4.79 Å². The highest BCUT2D eigenvalue weighted by Gasteiger charge is 2.32. The third-order valence-corrected chi connectivity index (χ3v) is 3.99. The van der Waals surface area contributed by atoms with Crippen molar-refractivity contribution in [1.82, 2.24) is 0 Å². The van der Waals surface area contributed by atoms with Gasteiger partial charge in [-0.2, -0.15) is 0 Å². The van der Waals surface area contributed by atoms with Crippen molar-refractivity contribution in [2.45, 2.75) is 51.6 Å². The van der Waals surface area contributed by atoms with E-state index in [0.29, 0.717) is 12.8 Å². The van der Waals surface area contributed by atoms with Gasteiger partial charge in [0.2, 0.25) is 5.91 Å². The van der Waals surface area contributed by atoms with Crippen LogP contribution in [-0.2, 0) is 4.79 Å². The maximum Gasteiger partial charge on any atom is 0.223 e. The molecule has 0 radical (unpaired) electrons. The van der Waals surface area contributed by atoms with Gasteiger partial charge in [-0.1, -0.05) is 11.1 Å². The fourth-order valence-electron chi connectivity index (χ4n) is 2.76. The summed E-state index contributed by atoms with van der Waals surface area (Å²) in [6, 6.07) is 0. The standard InChI is InChI=1S/C13H21NO2/c1-8-2-5-11(13(14)16)12(15)7-6-10(8)9-3-4-9/h9,11-12,15H,2-7H2,1H3,(H2,14,16)/b10-8+/t11-,12+/m0/s1. The Morgan fingerprint density at radius 3 is 2.50 bits per heavy atom. The molecule has 0 unspecified atom stereocenters. The molecule has 2 aliphatic carbocycles. The van der Waals surface area contributed by atoms with Crippen LogP contribution >= 0.6 is 0 Å². The highest BCUT2D eigenvalue weighted by Crippen LogP contribution is 2.42. The first kappa shape index (κ1) is 11.6. The van der Waals surface area contributed by atoms with Crippen LogP contribution in [0.25, 0.3) is 0 Å². The molecular weight excluding hydrogens is 202 g/mol. The molecule has 3 nitrogen and oxygen atoms in total. The van der Waals surface area contributed by atoms with Crippen LogP contribution in [0.4, 0.5) is 0 Å². The third-order valence-electron chi connectivity index (χ3n) is 3.99. The van der Waals surface area contributed by atoms with Crippen LogP contribution in [0, 0.1) is 11.8 Å². The summed E-state index contributed by atoms with van der Waals surface area (Å²) in [5.74, 6) is 0.0724. The molecule has 2 aliphatic rings. The lowest BCUT2D eigenvalue weighted by Gasteiger charge is -2.25. The fraction of sp³-hybridized carbons (Fsp3) is 0.769. The Hall–Kier alpha value is -0.830. The maximum absolute atomic E-state index is 11.2. The summed E-state index contributed by atoms with van der Waals surface area (Å²) in [5.41, 5.74) is 8.29. The minimum absolute atomic E-state index is 0.351. The van der Waals surface area contributed by atoms with Gasteiger partial charge in [0, 0.05) is 0 Å². The molecule has 0 aromatic carbocycles. The fourth-order valence-corrected chi connectivity index (χ4v) is 2.76. The minimum atomic E-state index is -0.542. The largest absolute Gasteiger partial charge is 0.392 e. The Morgan fingerprint density at radius 2 is 1.94 bits per heavy atom. The Balaban J connectivity index is 2.09. The van der Waals surface area contributed by atoms with E-state index in [1.54, 1.807) is 5.57 Å². The average molecular weight is 223 g/mol. The molecule has 0 saturated heterocycles. The van der Waals surface area contributed by atoms with Gasteiger partial charge in [0.05, 0.1) is 12.0 Å². The summed E-state index contributed by atoms with van der Waals surface area (Å²) in [7, 11) is 0. The van der Waals surface area contributed by atoms with E-state index >= 15 is 0 Å². The van der Waals surface area contributed by atoms with Crippen LogP contribution in [-0.4, -0.2) is 17.1 Å². The Bertz CT molecular complexity index is 318. The first-order chi connectivity index (χ1) is 7.59. The van der Waals surface area contributed by atoms with Gasteiger partial charge in [0.15, 0.2) is 0 Å². The minimum Gasteiger partial charge on any atom is -0.392 e. The van der Waals surface area contributed by atoms with Crippen LogP contribution in [0.15, 0.2) is 11.1 Å². The molecular formula is C13H21NO2. The number of carbonyl (C=O) groups is 1. The second kappa shape index (κ2) is 4.58. The van der Waals surface area contributed by atoms with Crippen molar-refractivity contribution in [3.8, 4) is 0 Å². The number of carbonyl (C=O) groups excluding carboxylic acids is 1. The summed E-state index contributed by atoms with van der Waals surface area (Å²) in [6.07, 6.45) is 5.33. The summed E-state index contributed by atoms with van der Waals surface area (Å²) in [5, 5.41) is 9.93. The highest BCUT2D eigenvalue weighted by molar-refractivity contribution is 5.77. The molecule has 0 heterocycles. The monoisotopic (exact) mass is 223 g/mol. The van der Waals surface area contributed by atoms with Crippen molar-refractivity contribution >= 4 is 5.91 Å². The Labute approximate surface area is 96.7 Å². The van der Waals surface area contributed by atoms with E-state index in [1.165, 1.54) is 18.4 Å². The average Bonchev–Trinajstić information content (AvgIpc) is 2.99. The summed E-state index contributed by atoms with van der Waals surface area (Å²) >= 11 is 0. The SMILES string of the molecule is C/C1=C(\C2CC2)CC[C@@H](O)[C@@H](C(N)=O)CC1. The number of hydrogen-bond donors (Lipinski definition) is 2. The van der Waals surface area contributed by atoms with Crippen molar-refractivity contribution in [3.63, 3.8) is 0 Å². The zero-order valence-electron chi connectivity index (χ0n) is 9.91. The quantitative estimate of drug-likeness (QED) is 0.700. The third kappa shape index (κ3) is 2.46. The lowest BCUT2D eigenvalue weighted by molar-refractivity contribution is -0.125. The van der Waals surface area contributed by atoms with Gasteiger partial charge in [-0.15, -0.1) is 0 Å². The zero-order valence-corrected chi connectivity index (χ0v) is 9.91. The second-order valence-electron chi connectivity index (χ2n) is 5.23. The maximum atomic E-state index is 11.2. The number of rotatable bonds is 2. The number of hydrogen-bond acceptors (Lipinski definition) is 2. The first-order valence-corrected chi connectivity index (χ1v) is 6.25. The second-order valence-corrected chi connectivity index (χ2v) is 5.23. The molecule has 3 N–H and O–H groups in total. The Morgan fingerprint density at radius 1 is 1.25 bits per heavy atom. The van der Waals surface area contributed by atoms with E-state index in [4.69, 9.17) is 5.73 Å². The molecule has 0 aromatic rings. The molecule has 1 saturated carbocycles. The van der Waals surface area contributed by atoms with E-state index in [1.807, 2.05) is 0 Å². The van der Waals surface area contributed by atoms with Crippen molar-refractivity contribution in [3.05, 3.63) is 11.1 Å². The molecule has 1 fully saturated rings. The van der Waals surface area contributed by atoms with E-state index in [-0.39, 0.29) is 11.8 Å². The molecule has 2 atom stereocenters. The van der Waals surface area contributed by atoms with Crippen molar-refractivity contribution in [2.24, 2.45) is 17.6 Å². The first-order valence-electron chi connectivity index (χ1n) is 6.25. The molecule has 16 heavy (non-hydrogen) atoms. The summed E-state index contributed by atoms with van der Waals surface area (Å²) < 4.78 is 0. The smallest absolute Gasteiger partial charge is 0.223 e. The van der Waals surface area contributed by atoms with Gasteiger partial charge in [-0.25, -0.2) is 0 Å². The number of aliphatic hydroxyl groups is 1. The lowest BCUT2D eigenvalue weighted by Crippen LogP contribution is -2.34. The predicted molar refractivity (Wildman–Crippen MR) is 62.6 cm³/mol. The van der Waals surface area contributed by atoms with Crippen LogP contribution in [0.1, 0.15) is 45.4 Å². The van der Waals surface area contributed by atoms with E-state index in [9.17, 15) is 9.90 Å². The van der Waals surface area contributed by atoms with Crippen molar-refractivity contribution in [1.29, 1.82) is 0 Å². The number of allylic oxidation sites excluding steroid dienone is 2. The lowest BCUT2D eigenvalue weighted by atomic mass is 9.84. The van der Waals surface area contributed by atoms with E-state index < -0.39 is 6.10 Å². The predicted octanol–water partition coefficient (Wildman–Crippen LogP) is 1.75. The molecule has 2 rings (SSSR count). The molecule has 1 amide bonds. The van der Waals surface area contributed by atoms with Gasteiger partial charge in [0.1, 0.15) is 0 Å². The van der Waals surface area contributed by atoms with Crippen LogP contribution < -0.4 is 5.73 Å². The Kier molecular flexibility index (Phi) is 3.33. The van der Waals surface area contributed by atoms with Gasteiger partial charge >= 0.3 is 0 Å². The normalized spacial score (nSPS) is 36.6. The molecule has 0 aliphatic heterocycles. The molecule has 0 spiro atoms. The van der Waals surface area contributed by atoms with E-state index in [0.717, 1.165) is 18.8 Å². The van der Waals surface area contributed by atoms with Crippen LogP contribution in [0.5, 0.6) is 0 Å². The topological polar surface area (TPSA) is 63.3 Å². The number of amides is 1. The molecule has 90 valence electrons. The summed E-state index contributed by atoms with van der Waals surface area (Å²) in [4.78, 5) is 11.2. The molecule has 0 aromatic heterocycles. The van der Waals surface area contributed by atoms with E-state index in [2.05, 4.69) is 6.92 Å². The molecule has 3 heteroatoms.